The molecule has 2 atom stereocenters. The van der Waals surface area contributed by atoms with E-state index in [2.05, 4.69) is 53.2 Å². The monoisotopic (exact) mass is 334 g/mol. The van der Waals surface area contributed by atoms with Crippen molar-refractivity contribution < 1.29 is 0 Å². The molecule has 0 spiro atoms. The molecule has 2 unspecified atom stereocenters. The van der Waals surface area contributed by atoms with E-state index < -0.39 is 0 Å². The fourth-order valence-electron chi connectivity index (χ4n) is 2.50. The highest BCUT2D eigenvalue weighted by atomic mass is 79.9. The van der Waals surface area contributed by atoms with Gasteiger partial charge >= 0.3 is 0 Å². The van der Waals surface area contributed by atoms with Gasteiger partial charge in [0.1, 0.15) is 0 Å². The summed E-state index contributed by atoms with van der Waals surface area (Å²) in [5.41, 5.74) is 2.39. The average Bonchev–Trinajstić information content (AvgIpc) is 2.98. The standard InChI is InChI=1S/C17H23BrN2/c1-3-5-9-14(4-2)17(18)15-12-19-20(13-15)16-10-7-6-8-11-16/h6-8,10-14,17H,3-5,9H2,1-2H3. The van der Waals surface area contributed by atoms with Crippen LogP contribution in [0.5, 0.6) is 0 Å². The van der Waals surface area contributed by atoms with E-state index in [1.54, 1.807) is 0 Å². The van der Waals surface area contributed by atoms with Gasteiger partial charge in [0.05, 0.1) is 11.9 Å². The van der Waals surface area contributed by atoms with E-state index in [4.69, 9.17) is 0 Å². The Bertz CT molecular complexity index is 507. The predicted octanol–water partition coefficient (Wildman–Crippen LogP) is 5.52. The lowest BCUT2D eigenvalue weighted by Crippen LogP contribution is -2.06. The fourth-order valence-corrected chi connectivity index (χ4v) is 3.37. The van der Waals surface area contributed by atoms with Crippen LogP contribution >= 0.6 is 15.9 Å². The SMILES string of the molecule is CCCCC(CC)C(Br)c1cnn(-c2ccccc2)c1. The number of hydrogen-bond donors (Lipinski definition) is 0. The quantitative estimate of drug-likeness (QED) is 0.609. The number of alkyl halides is 1. The first-order chi connectivity index (χ1) is 9.76. The van der Waals surface area contributed by atoms with Crippen LogP contribution in [0, 0.1) is 5.92 Å². The van der Waals surface area contributed by atoms with Crippen molar-refractivity contribution in [3.8, 4) is 5.69 Å². The summed E-state index contributed by atoms with van der Waals surface area (Å²) >= 11 is 3.88. The molecule has 2 aromatic rings. The second-order valence-electron chi connectivity index (χ2n) is 5.27. The molecule has 0 N–H and O–H groups in total. The van der Waals surface area contributed by atoms with Gasteiger partial charge in [-0.25, -0.2) is 4.68 Å². The summed E-state index contributed by atoms with van der Waals surface area (Å²) in [6, 6.07) is 10.3. The largest absolute Gasteiger partial charge is 0.241 e. The van der Waals surface area contributed by atoms with E-state index in [1.807, 2.05) is 29.1 Å². The number of nitrogens with zero attached hydrogens (tertiary/aromatic N) is 2. The summed E-state index contributed by atoms with van der Waals surface area (Å²) in [6.07, 6.45) is 9.17. The van der Waals surface area contributed by atoms with Crippen molar-refractivity contribution in [1.82, 2.24) is 9.78 Å². The van der Waals surface area contributed by atoms with Gasteiger partial charge < -0.3 is 0 Å². The molecule has 0 radical (unpaired) electrons. The van der Waals surface area contributed by atoms with Crippen molar-refractivity contribution in [2.45, 2.75) is 44.4 Å². The van der Waals surface area contributed by atoms with E-state index in [-0.39, 0.29) is 0 Å². The summed E-state index contributed by atoms with van der Waals surface area (Å²) in [5, 5.41) is 4.49. The molecule has 0 fully saturated rings. The highest BCUT2D eigenvalue weighted by Crippen LogP contribution is 2.36. The van der Waals surface area contributed by atoms with Crippen molar-refractivity contribution in [2.24, 2.45) is 5.92 Å². The first-order valence-corrected chi connectivity index (χ1v) is 8.41. The summed E-state index contributed by atoms with van der Waals surface area (Å²) < 4.78 is 1.95. The zero-order valence-electron chi connectivity index (χ0n) is 12.3. The second kappa shape index (κ2) is 7.63. The van der Waals surface area contributed by atoms with Crippen LogP contribution in [0.1, 0.15) is 49.9 Å². The molecular weight excluding hydrogens is 312 g/mol. The smallest absolute Gasteiger partial charge is 0.0645 e. The van der Waals surface area contributed by atoms with Crippen molar-refractivity contribution in [2.75, 3.05) is 0 Å². The van der Waals surface area contributed by atoms with Crippen LogP contribution in [0.2, 0.25) is 0 Å². The van der Waals surface area contributed by atoms with Crippen LogP contribution in [0.15, 0.2) is 42.7 Å². The summed E-state index contributed by atoms with van der Waals surface area (Å²) in [5.74, 6) is 0.684. The maximum absolute atomic E-state index is 4.49. The van der Waals surface area contributed by atoms with Crippen molar-refractivity contribution >= 4 is 15.9 Å². The van der Waals surface area contributed by atoms with Crippen LogP contribution in [-0.2, 0) is 0 Å². The lowest BCUT2D eigenvalue weighted by molar-refractivity contribution is 0.446. The number of hydrogen-bond acceptors (Lipinski definition) is 1. The molecule has 1 heterocycles. The van der Waals surface area contributed by atoms with Crippen molar-refractivity contribution in [3.05, 3.63) is 48.3 Å². The minimum absolute atomic E-state index is 0.400. The van der Waals surface area contributed by atoms with Gasteiger partial charge in [0.25, 0.3) is 0 Å². The number of unbranched alkanes of at least 4 members (excludes halogenated alkanes) is 1. The maximum Gasteiger partial charge on any atom is 0.0645 e. The second-order valence-corrected chi connectivity index (χ2v) is 6.25. The molecule has 0 aliphatic carbocycles. The van der Waals surface area contributed by atoms with Crippen LogP contribution in [0.3, 0.4) is 0 Å². The van der Waals surface area contributed by atoms with Crippen LogP contribution in [0.4, 0.5) is 0 Å². The third kappa shape index (κ3) is 3.72. The molecule has 0 saturated carbocycles. The van der Waals surface area contributed by atoms with Gasteiger partial charge in [0.15, 0.2) is 0 Å². The van der Waals surface area contributed by atoms with Crippen molar-refractivity contribution in [3.63, 3.8) is 0 Å². The zero-order chi connectivity index (χ0) is 14.4. The minimum atomic E-state index is 0.400. The van der Waals surface area contributed by atoms with Crippen LogP contribution in [0.25, 0.3) is 5.69 Å². The summed E-state index contributed by atoms with van der Waals surface area (Å²) in [4.78, 5) is 0.400. The van der Waals surface area contributed by atoms with Crippen LogP contribution < -0.4 is 0 Å². The first kappa shape index (κ1) is 15.3. The van der Waals surface area contributed by atoms with Gasteiger partial charge in [-0.3, -0.25) is 0 Å². The number of para-hydroxylation sites is 1. The Hall–Kier alpha value is -1.09. The lowest BCUT2D eigenvalue weighted by atomic mass is 9.93. The Morgan fingerprint density at radius 3 is 2.60 bits per heavy atom. The predicted molar refractivity (Wildman–Crippen MR) is 88.5 cm³/mol. The van der Waals surface area contributed by atoms with Gasteiger partial charge in [-0.15, -0.1) is 0 Å². The zero-order valence-corrected chi connectivity index (χ0v) is 13.9. The molecule has 1 aromatic carbocycles. The normalized spacial score (nSPS) is 14.2. The maximum atomic E-state index is 4.49. The molecule has 3 heteroatoms. The average molecular weight is 335 g/mol. The Morgan fingerprint density at radius 2 is 1.95 bits per heavy atom. The summed E-state index contributed by atoms with van der Waals surface area (Å²) in [7, 11) is 0. The lowest BCUT2D eigenvalue weighted by Gasteiger charge is -2.19. The van der Waals surface area contributed by atoms with E-state index in [9.17, 15) is 0 Å². The molecule has 2 nitrogen and oxygen atoms in total. The molecule has 0 aliphatic rings. The van der Waals surface area contributed by atoms with Gasteiger partial charge in [0.2, 0.25) is 0 Å². The third-order valence-corrected chi connectivity index (χ3v) is 5.08. The van der Waals surface area contributed by atoms with E-state index in [1.165, 1.54) is 31.2 Å². The number of benzene rings is 1. The fraction of sp³-hybridized carbons (Fsp3) is 0.471. The van der Waals surface area contributed by atoms with E-state index in [0.29, 0.717) is 10.7 Å². The molecule has 0 saturated heterocycles. The minimum Gasteiger partial charge on any atom is -0.241 e. The van der Waals surface area contributed by atoms with Gasteiger partial charge in [-0.1, -0.05) is 67.2 Å². The van der Waals surface area contributed by atoms with Crippen molar-refractivity contribution in [1.29, 1.82) is 0 Å². The highest BCUT2D eigenvalue weighted by Gasteiger charge is 2.20. The Kier molecular flexibility index (Phi) is 5.84. The molecule has 0 aliphatic heterocycles. The van der Waals surface area contributed by atoms with E-state index in [0.717, 1.165) is 5.69 Å². The molecule has 20 heavy (non-hydrogen) atoms. The molecule has 1 aromatic heterocycles. The Balaban J connectivity index is 2.11. The molecule has 2 rings (SSSR count). The van der Waals surface area contributed by atoms with E-state index >= 15 is 0 Å². The molecular formula is C17H23BrN2. The number of rotatable bonds is 7. The topological polar surface area (TPSA) is 17.8 Å². The van der Waals surface area contributed by atoms with Crippen LogP contribution in [-0.4, -0.2) is 9.78 Å². The Labute approximate surface area is 130 Å². The summed E-state index contributed by atoms with van der Waals surface area (Å²) in [6.45, 7) is 4.53. The molecule has 0 bridgehead atoms. The molecule has 0 amide bonds. The number of aromatic nitrogens is 2. The van der Waals surface area contributed by atoms with Gasteiger partial charge in [-0.05, 0) is 24.5 Å². The highest BCUT2D eigenvalue weighted by molar-refractivity contribution is 9.09. The Morgan fingerprint density at radius 1 is 1.20 bits per heavy atom. The first-order valence-electron chi connectivity index (χ1n) is 7.50. The third-order valence-electron chi connectivity index (χ3n) is 3.81. The molecule has 108 valence electrons. The number of halogens is 1. The van der Waals surface area contributed by atoms with Gasteiger partial charge in [0, 0.05) is 16.6 Å². The van der Waals surface area contributed by atoms with Gasteiger partial charge in [-0.2, -0.15) is 5.10 Å².